The number of allylic oxidation sites excluding steroid dienone is 2. The lowest BCUT2D eigenvalue weighted by atomic mass is 9.85. The first kappa shape index (κ1) is 22.1. The van der Waals surface area contributed by atoms with Crippen molar-refractivity contribution in [1.29, 1.82) is 0 Å². The number of unbranched alkanes of at least 4 members (excludes halogenated alkanes) is 2. The van der Waals surface area contributed by atoms with E-state index in [-0.39, 0.29) is 24.5 Å². The van der Waals surface area contributed by atoms with E-state index < -0.39 is 42.5 Å². The van der Waals surface area contributed by atoms with Gasteiger partial charge in [0.2, 0.25) is 0 Å². The number of ether oxygens (including phenoxy) is 1. The Morgan fingerprint density at radius 1 is 1.37 bits per heavy atom. The van der Waals surface area contributed by atoms with Gasteiger partial charge in [0.1, 0.15) is 18.0 Å². The quantitative estimate of drug-likeness (QED) is 0.470. The fraction of sp³-hybridized carbons (Fsp3) is 0.850. The van der Waals surface area contributed by atoms with E-state index in [1.54, 1.807) is 6.08 Å². The second kappa shape index (κ2) is 10.4. The van der Waals surface area contributed by atoms with Crippen LogP contribution in [0, 0.1) is 11.8 Å². The summed E-state index contributed by atoms with van der Waals surface area (Å²) in [7, 11) is 0. The van der Waals surface area contributed by atoms with E-state index in [2.05, 4.69) is 0 Å². The molecule has 0 aromatic carbocycles. The first-order valence-corrected chi connectivity index (χ1v) is 10.1. The Bertz CT molecular complexity index is 513. The largest absolute Gasteiger partial charge is 0.491 e. The topological polar surface area (TPSA) is 87.0 Å². The van der Waals surface area contributed by atoms with Gasteiger partial charge in [0, 0.05) is 18.8 Å². The molecule has 1 saturated carbocycles. The van der Waals surface area contributed by atoms with Crippen LogP contribution in [0.3, 0.4) is 0 Å². The summed E-state index contributed by atoms with van der Waals surface area (Å²) in [5.41, 5.74) is 0. The second-order valence-electron chi connectivity index (χ2n) is 7.80. The molecule has 3 N–H and O–H groups in total. The van der Waals surface area contributed by atoms with E-state index >= 15 is 0 Å². The molecule has 0 amide bonds. The van der Waals surface area contributed by atoms with E-state index in [0.29, 0.717) is 38.5 Å². The van der Waals surface area contributed by atoms with Gasteiger partial charge in [-0.05, 0) is 44.1 Å². The lowest BCUT2D eigenvalue weighted by Gasteiger charge is -2.23. The van der Waals surface area contributed by atoms with E-state index in [1.165, 1.54) is 0 Å². The maximum atomic E-state index is 14.8. The summed E-state index contributed by atoms with van der Waals surface area (Å²) in [5, 5.41) is 28.9. The molecule has 7 atom stereocenters. The van der Waals surface area contributed by atoms with Crippen molar-refractivity contribution in [1.82, 2.24) is 0 Å². The molecule has 0 unspecified atom stereocenters. The smallest absolute Gasteiger partial charge is 0.303 e. The number of aliphatic carboxylic acids is 1. The molecule has 2 aliphatic rings. The van der Waals surface area contributed by atoms with Crippen LogP contribution in [0.5, 0.6) is 0 Å². The Kier molecular flexibility index (Phi) is 8.48. The molecule has 0 radical (unpaired) electrons. The molecule has 2 fully saturated rings. The molecule has 27 heavy (non-hydrogen) atoms. The van der Waals surface area contributed by atoms with Gasteiger partial charge in [-0.25, -0.2) is 8.78 Å². The van der Waals surface area contributed by atoms with Crippen molar-refractivity contribution < 1.29 is 33.6 Å². The third-order valence-electron chi connectivity index (χ3n) is 5.78. The number of carbonyl (C=O) groups is 1. The molecule has 7 heteroatoms. The standard InChI is InChI=1S/C20H32F2O5/c1-2-3-6-13(21)14(23)10-9-12-15(24)11-17-19(12)20(22)16(27-17)7-4-5-8-18(25)26/h7,12-15,17,19-20,23-24H,2-6,8-11H2,1H3,(H,25,26)/t12-,13-,14+,15+,17+,19+,20+/m0/s1. The molecule has 0 aromatic rings. The van der Waals surface area contributed by atoms with Crippen LogP contribution in [-0.2, 0) is 9.53 Å². The maximum absolute atomic E-state index is 14.8. The number of aliphatic hydroxyl groups is 2. The predicted molar refractivity (Wildman–Crippen MR) is 96.6 cm³/mol. The first-order valence-electron chi connectivity index (χ1n) is 10.1. The highest BCUT2D eigenvalue weighted by atomic mass is 19.1. The first-order chi connectivity index (χ1) is 12.8. The van der Waals surface area contributed by atoms with Crippen LogP contribution in [0.4, 0.5) is 8.78 Å². The number of aliphatic hydroxyl groups excluding tert-OH is 2. The summed E-state index contributed by atoms with van der Waals surface area (Å²) in [4.78, 5) is 10.5. The van der Waals surface area contributed by atoms with Crippen molar-refractivity contribution in [3.8, 4) is 0 Å². The summed E-state index contributed by atoms with van der Waals surface area (Å²) in [6.45, 7) is 1.96. The Balaban J connectivity index is 1.87. The molecule has 5 nitrogen and oxygen atoms in total. The summed E-state index contributed by atoms with van der Waals surface area (Å²) < 4.78 is 34.4. The molecular weight excluding hydrogens is 358 g/mol. The van der Waals surface area contributed by atoms with Crippen molar-refractivity contribution in [2.75, 3.05) is 0 Å². The van der Waals surface area contributed by atoms with Gasteiger partial charge < -0.3 is 20.1 Å². The summed E-state index contributed by atoms with van der Waals surface area (Å²) >= 11 is 0. The fourth-order valence-corrected chi connectivity index (χ4v) is 4.24. The molecule has 1 aliphatic carbocycles. The Morgan fingerprint density at radius 3 is 2.78 bits per heavy atom. The summed E-state index contributed by atoms with van der Waals surface area (Å²) in [6.07, 6.45) is 0.381. The molecule has 0 bridgehead atoms. The lowest BCUT2D eigenvalue weighted by molar-refractivity contribution is -0.137. The van der Waals surface area contributed by atoms with Crippen LogP contribution in [-0.4, -0.2) is 51.9 Å². The fourth-order valence-electron chi connectivity index (χ4n) is 4.24. The zero-order valence-electron chi connectivity index (χ0n) is 15.9. The highest BCUT2D eigenvalue weighted by molar-refractivity contribution is 5.66. The Morgan fingerprint density at radius 2 is 2.11 bits per heavy atom. The third-order valence-corrected chi connectivity index (χ3v) is 5.78. The van der Waals surface area contributed by atoms with E-state index in [4.69, 9.17) is 9.84 Å². The normalized spacial score (nSPS) is 33.7. The van der Waals surface area contributed by atoms with Crippen molar-refractivity contribution in [3.05, 3.63) is 11.8 Å². The average Bonchev–Trinajstić information content (AvgIpc) is 3.09. The minimum absolute atomic E-state index is 0.0231. The number of carboxylic acid groups (broad SMARTS) is 1. The molecule has 156 valence electrons. The van der Waals surface area contributed by atoms with Gasteiger partial charge >= 0.3 is 5.97 Å². The number of halogens is 2. The zero-order chi connectivity index (χ0) is 20.0. The maximum Gasteiger partial charge on any atom is 0.303 e. The van der Waals surface area contributed by atoms with Crippen LogP contribution in [0.2, 0.25) is 0 Å². The Labute approximate surface area is 159 Å². The van der Waals surface area contributed by atoms with Gasteiger partial charge in [-0.15, -0.1) is 0 Å². The SMILES string of the molecule is CCCC[C@H](F)[C@H](O)CC[C@@H]1[C@H]2[C@H](F)C(=CCCCC(=O)O)O[C@@H]2C[C@H]1O. The number of fused-ring (bicyclic) bond motifs is 1. The molecule has 1 saturated heterocycles. The van der Waals surface area contributed by atoms with Gasteiger partial charge in [-0.1, -0.05) is 19.8 Å². The molecular formula is C20H32F2O5. The number of alkyl halides is 2. The number of hydrogen-bond acceptors (Lipinski definition) is 4. The summed E-state index contributed by atoms with van der Waals surface area (Å²) in [5.74, 6) is -1.53. The number of rotatable bonds is 11. The minimum Gasteiger partial charge on any atom is -0.491 e. The van der Waals surface area contributed by atoms with Crippen LogP contribution < -0.4 is 0 Å². The molecule has 0 spiro atoms. The second-order valence-corrected chi connectivity index (χ2v) is 7.80. The molecule has 1 heterocycles. The van der Waals surface area contributed by atoms with Crippen LogP contribution in [0.1, 0.15) is 64.7 Å². The van der Waals surface area contributed by atoms with Gasteiger partial charge in [0.05, 0.1) is 12.2 Å². The van der Waals surface area contributed by atoms with Crippen molar-refractivity contribution >= 4 is 5.97 Å². The van der Waals surface area contributed by atoms with Crippen LogP contribution >= 0.6 is 0 Å². The highest BCUT2D eigenvalue weighted by Gasteiger charge is 2.53. The third kappa shape index (κ3) is 5.88. The highest BCUT2D eigenvalue weighted by Crippen LogP contribution is 2.48. The van der Waals surface area contributed by atoms with Gasteiger partial charge in [0.15, 0.2) is 6.17 Å². The van der Waals surface area contributed by atoms with Gasteiger partial charge in [-0.3, -0.25) is 4.79 Å². The zero-order valence-corrected chi connectivity index (χ0v) is 15.9. The Hall–Kier alpha value is -1.21. The minimum atomic E-state index is -1.35. The van der Waals surface area contributed by atoms with E-state index in [0.717, 1.165) is 6.42 Å². The monoisotopic (exact) mass is 390 g/mol. The molecule has 1 aliphatic heterocycles. The number of carboxylic acids is 1. The van der Waals surface area contributed by atoms with E-state index in [1.807, 2.05) is 6.92 Å². The number of hydrogen-bond donors (Lipinski definition) is 3. The van der Waals surface area contributed by atoms with Crippen molar-refractivity contribution in [2.45, 2.75) is 95.4 Å². The van der Waals surface area contributed by atoms with Crippen molar-refractivity contribution in [2.24, 2.45) is 11.8 Å². The average molecular weight is 390 g/mol. The van der Waals surface area contributed by atoms with Crippen LogP contribution in [0.15, 0.2) is 11.8 Å². The van der Waals surface area contributed by atoms with Crippen LogP contribution in [0.25, 0.3) is 0 Å². The van der Waals surface area contributed by atoms with Gasteiger partial charge in [-0.2, -0.15) is 0 Å². The van der Waals surface area contributed by atoms with Crippen molar-refractivity contribution in [3.63, 3.8) is 0 Å². The lowest BCUT2D eigenvalue weighted by Crippen LogP contribution is -2.29. The van der Waals surface area contributed by atoms with Gasteiger partial charge in [0.25, 0.3) is 0 Å². The summed E-state index contributed by atoms with van der Waals surface area (Å²) in [6, 6.07) is 0. The molecule has 2 rings (SSSR count). The predicted octanol–water partition coefficient (Wildman–Crippen LogP) is 3.53. The molecule has 0 aromatic heterocycles. The van der Waals surface area contributed by atoms with E-state index in [9.17, 15) is 23.8 Å².